The average molecular weight is 375 g/mol. The molecule has 0 saturated carbocycles. The fourth-order valence-corrected chi connectivity index (χ4v) is 2.85. The lowest BCUT2D eigenvalue weighted by molar-refractivity contribution is -0.145. The van der Waals surface area contributed by atoms with Crippen molar-refractivity contribution in [3.63, 3.8) is 0 Å². The first kappa shape index (κ1) is 15.2. The molecule has 0 aromatic heterocycles. The van der Waals surface area contributed by atoms with Gasteiger partial charge in [0.25, 0.3) is 0 Å². The second kappa shape index (κ2) is 5.83. The summed E-state index contributed by atoms with van der Waals surface area (Å²) >= 11 is 2.03. The largest absolute Gasteiger partial charge is 0.463 e. The molecule has 0 atom stereocenters. The molecule has 1 rings (SSSR count). The number of esters is 1. The number of hydrogen-bond acceptors (Lipinski definition) is 5. The van der Waals surface area contributed by atoms with Crippen molar-refractivity contribution in [2.45, 2.75) is 17.3 Å². The van der Waals surface area contributed by atoms with Gasteiger partial charge in [0.1, 0.15) is 10.0 Å². The van der Waals surface area contributed by atoms with Crippen molar-refractivity contribution in [1.82, 2.24) is 4.90 Å². The zero-order valence-corrected chi connectivity index (χ0v) is 13.1. The minimum absolute atomic E-state index is 0.207. The summed E-state index contributed by atoms with van der Waals surface area (Å²) in [6.45, 7) is 5.59. The molecule has 0 aromatic carbocycles. The smallest absolute Gasteiger partial charge is 0.321 e. The van der Waals surface area contributed by atoms with E-state index in [1.54, 1.807) is 13.8 Å². The number of rotatable bonds is 4. The second-order valence-corrected chi connectivity index (χ2v) is 9.60. The SMILES string of the molecule is CC(C)(I)C(=O)OCCN1CCS(=O)(=O)CC1. The Kier molecular flexibility index (Phi) is 5.21. The van der Waals surface area contributed by atoms with Gasteiger partial charge in [-0.1, -0.05) is 22.6 Å². The molecule has 0 aliphatic carbocycles. The molecule has 1 fully saturated rings. The van der Waals surface area contributed by atoms with Gasteiger partial charge >= 0.3 is 5.97 Å². The number of ether oxygens (including phenoxy) is 1. The van der Waals surface area contributed by atoms with Crippen molar-refractivity contribution >= 4 is 38.4 Å². The van der Waals surface area contributed by atoms with E-state index in [0.29, 0.717) is 26.2 Å². The summed E-state index contributed by atoms with van der Waals surface area (Å²) in [6, 6.07) is 0. The standard InChI is InChI=1S/C10H18INO4S/c1-10(2,11)9(13)16-6-3-12-4-7-17(14,15)8-5-12/h3-8H2,1-2H3. The summed E-state index contributed by atoms with van der Waals surface area (Å²) in [4.78, 5) is 13.5. The summed E-state index contributed by atoms with van der Waals surface area (Å²) in [6.07, 6.45) is 0. The van der Waals surface area contributed by atoms with Gasteiger partial charge in [0, 0.05) is 19.6 Å². The van der Waals surface area contributed by atoms with Gasteiger partial charge < -0.3 is 4.74 Å². The van der Waals surface area contributed by atoms with E-state index in [0.717, 1.165) is 0 Å². The van der Waals surface area contributed by atoms with Crippen LogP contribution in [0.25, 0.3) is 0 Å². The minimum atomic E-state index is -2.83. The first-order chi connectivity index (χ1) is 7.71. The fraction of sp³-hybridized carbons (Fsp3) is 0.900. The summed E-state index contributed by atoms with van der Waals surface area (Å²) in [5.74, 6) is 0.181. The third-order valence-electron chi connectivity index (χ3n) is 2.56. The molecule has 0 aromatic rings. The van der Waals surface area contributed by atoms with Crippen LogP contribution >= 0.6 is 22.6 Å². The average Bonchev–Trinajstić information content (AvgIpc) is 2.19. The molecule has 0 amide bonds. The van der Waals surface area contributed by atoms with Gasteiger partial charge in [-0.05, 0) is 13.8 Å². The van der Waals surface area contributed by atoms with Crippen molar-refractivity contribution in [3.8, 4) is 0 Å². The van der Waals surface area contributed by atoms with Crippen LogP contribution < -0.4 is 0 Å². The molecule has 0 N–H and O–H groups in total. The molecule has 17 heavy (non-hydrogen) atoms. The molecule has 0 spiro atoms. The Morgan fingerprint density at radius 1 is 1.35 bits per heavy atom. The third-order valence-corrected chi connectivity index (χ3v) is 4.61. The van der Waals surface area contributed by atoms with E-state index in [1.165, 1.54) is 0 Å². The van der Waals surface area contributed by atoms with Crippen LogP contribution in [0.15, 0.2) is 0 Å². The van der Waals surface area contributed by atoms with Gasteiger partial charge in [-0.15, -0.1) is 0 Å². The second-order valence-electron chi connectivity index (χ2n) is 4.60. The highest BCUT2D eigenvalue weighted by Gasteiger charge is 2.26. The highest BCUT2D eigenvalue weighted by Crippen LogP contribution is 2.18. The molecule has 0 radical (unpaired) electrons. The molecule has 1 aliphatic heterocycles. The van der Waals surface area contributed by atoms with Crippen LogP contribution in [0.3, 0.4) is 0 Å². The molecule has 7 heteroatoms. The van der Waals surface area contributed by atoms with Gasteiger partial charge in [-0.3, -0.25) is 9.69 Å². The lowest BCUT2D eigenvalue weighted by Crippen LogP contribution is -2.42. The normalized spacial score (nSPS) is 21.1. The van der Waals surface area contributed by atoms with Crippen LogP contribution in [0.4, 0.5) is 0 Å². The van der Waals surface area contributed by atoms with Crippen LogP contribution in [0.1, 0.15) is 13.8 Å². The molecule has 0 bridgehead atoms. The van der Waals surface area contributed by atoms with Gasteiger partial charge in [0.15, 0.2) is 9.84 Å². The maximum absolute atomic E-state index is 11.5. The van der Waals surface area contributed by atoms with E-state index in [-0.39, 0.29) is 17.5 Å². The number of alkyl halides is 1. The lowest BCUT2D eigenvalue weighted by Gasteiger charge is -2.26. The Balaban J connectivity index is 2.23. The summed E-state index contributed by atoms with van der Waals surface area (Å²) in [7, 11) is -2.83. The Hall–Kier alpha value is 0.110. The highest BCUT2D eigenvalue weighted by atomic mass is 127. The Morgan fingerprint density at radius 2 is 1.88 bits per heavy atom. The third kappa shape index (κ3) is 5.52. The zero-order valence-electron chi connectivity index (χ0n) is 10.1. The Labute approximate surface area is 116 Å². The molecule has 1 aliphatic rings. The van der Waals surface area contributed by atoms with Crippen LogP contribution in [0.2, 0.25) is 0 Å². The van der Waals surface area contributed by atoms with Crippen molar-refractivity contribution in [2.75, 3.05) is 37.7 Å². The quantitative estimate of drug-likeness (QED) is 0.406. The van der Waals surface area contributed by atoms with E-state index in [1.807, 2.05) is 27.5 Å². The monoisotopic (exact) mass is 375 g/mol. The maximum atomic E-state index is 11.5. The van der Waals surface area contributed by atoms with Crippen LogP contribution in [0, 0.1) is 0 Å². The molecule has 1 saturated heterocycles. The molecule has 1 heterocycles. The van der Waals surface area contributed by atoms with Crippen molar-refractivity contribution in [1.29, 1.82) is 0 Å². The highest BCUT2D eigenvalue weighted by molar-refractivity contribution is 14.1. The topological polar surface area (TPSA) is 63.7 Å². The zero-order chi connectivity index (χ0) is 13.1. The van der Waals surface area contributed by atoms with Gasteiger partial charge in [-0.25, -0.2) is 8.42 Å². The number of carbonyl (C=O) groups excluding carboxylic acids is 1. The van der Waals surface area contributed by atoms with E-state index >= 15 is 0 Å². The number of hydrogen-bond donors (Lipinski definition) is 0. The molecule has 0 unspecified atom stereocenters. The lowest BCUT2D eigenvalue weighted by atomic mass is 10.2. The minimum Gasteiger partial charge on any atom is -0.463 e. The molecule has 100 valence electrons. The van der Waals surface area contributed by atoms with Crippen LogP contribution in [-0.2, 0) is 19.4 Å². The van der Waals surface area contributed by atoms with E-state index < -0.39 is 13.3 Å². The first-order valence-corrected chi connectivity index (χ1v) is 8.40. The van der Waals surface area contributed by atoms with Crippen LogP contribution in [-0.4, -0.2) is 60.5 Å². The Bertz CT molecular complexity index is 360. The summed E-state index contributed by atoms with van der Waals surface area (Å²) < 4.78 is 27.0. The van der Waals surface area contributed by atoms with Crippen LogP contribution in [0.5, 0.6) is 0 Å². The summed E-state index contributed by atoms with van der Waals surface area (Å²) in [5.41, 5.74) is 0. The molecular weight excluding hydrogens is 357 g/mol. The molecule has 5 nitrogen and oxygen atoms in total. The van der Waals surface area contributed by atoms with E-state index in [9.17, 15) is 13.2 Å². The number of halogens is 1. The van der Waals surface area contributed by atoms with Crippen molar-refractivity contribution < 1.29 is 17.9 Å². The Morgan fingerprint density at radius 3 is 2.35 bits per heavy atom. The van der Waals surface area contributed by atoms with Crippen molar-refractivity contribution in [2.24, 2.45) is 0 Å². The van der Waals surface area contributed by atoms with Gasteiger partial charge in [0.2, 0.25) is 0 Å². The van der Waals surface area contributed by atoms with Gasteiger partial charge in [0.05, 0.1) is 11.5 Å². The van der Waals surface area contributed by atoms with E-state index in [2.05, 4.69) is 0 Å². The van der Waals surface area contributed by atoms with E-state index in [4.69, 9.17) is 4.74 Å². The number of sulfone groups is 1. The first-order valence-electron chi connectivity index (χ1n) is 5.50. The summed E-state index contributed by atoms with van der Waals surface area (Å²) in [5, 5.41) is 0. The number of nitrogens with zero attached hydrogens (tertiary/aromatic N) is 1. The predicted molar refractivity (Wildman–Crippen MR) is 74.2 cm³/mol. The predicted octanol–water partition coefficient (Wildman–Crippen LogP) is 0.474. The maximum Gasteiger partial charge on any atom is 0.321 e. The molecular formula is C10H18INO4S. The fourth-order valence-electron chi connectivity index (χ4n) is 1.41. The van der Waals surface area contributed by atoms with Gasteiger partial charge in [-0.2, -0.15) is 0 Å². The number of carbonyl (C=O) groups is 1. The van der Waals surface area contributed by atoms with Crippen molar-refractivity contribution in [3.05, 3.63) is 0 Å².